The van der Waals surface area contributed by atoms with Gasteiger partial charge in [0.05, 0.1) is 19.8 Å². The average molecular weight is 362 g/mol. The summed E-state index contributed by atoms with van der Waals surface area (Å²) in [4.78, 5) is 0. The molecule has 0 aromatic carbocycles. The summed E-state index contributed by atoms with van der Waals surface area (Å²) >= 11 is 0.135. The molecule has 9 nitrogen and oxygen atoms in total. The van der Waals surface area contributed by atoms with Gasteiger partial charge in [0, 0.05) is 5.41 Å². The zero-order valence-corrected chi connectivity index (χ0v) is 12.2. The summed E-state index contributed by atoms with van der Waals surface area (Å²) in [7, 11) is -4.78. The fraction of sp³-hybridized carbons (Fsp3) is 1.00. The molecule has 0 aliphatic carbocycles. The second-order valence-electron chi connectivity index (χ2n) is 4.08. The van der Waals surface area contributed by atoms with E-state index >= 15 is 0 Å². The quantitative estimate of drug-likeness (QED) is 0.183. The van der Waals surface area contributed by atoms with E-state index < -0.39 is 48.4 Å². The Hall–Kier alpha value is -0.190. The first-order chi connectivity index (χ1) is 9.47. The van der Waals surface area contributed by atoms with E-state index in [0.717, 1.165) is 0 Å². The molecule has 0 amide bonds. The minimum absolute atomic E-state index is 0.135. The lowest BCUT2D eigenvalue weighted by molar-refractivity contribution is -0.434. The Morgan fingerprint density at radius 2 is 1.76 bits per heavy atom. The zero-order valence-electron chi connectivity index (χ0n) is 10.5. The lowest BCUT2D eigenvalue weighted by Crippen LogP contribution is -2.36. The molecule has 0 saturated carbocycles. The fourth-order valence-electron chi connectivity index (χ4n) is 0.953. The van der Waals surface area contributed by atoms with Crippen molar-refractivity contribution >= 4 is 22.7 Å². The van der Waals surface area contributed by atoms with Gasteiger partial charge in [-0.1, -0.05) is 12.0 Å². The molecule has 0 aromatic rings. The van der Waals surface area contributed by atoms with Gasteiger partial charge < -0.3 is 4.74 Å². The van der Waals surface area contributed by atoms with Crippen molar-refractivity contribution in [1.29, 1.82) is 0 Å². The van der Waals surface area contributed by atoms with E-state index in [9.17, 15) is 21.6 Å². The molecule has 128 valence electrons. The molecule has 0 rings (SSSR count). The summed E-state index contributed by atoms with van der Waals surface area (Å²) in [5, 5.41) is 11.0. The van der Waals surface area contributed by atoms with Gasteiger partial charge in [0.25, 0.3) is 0 Å². The SMILES string of the molecule is CC(COCC(F)(F)F)(COSOOO)COS(=O)(=O)O. The molecule has 21 heavy (non-hydrogen) atoms. The Kier molecular flexibility index (Phi) is 8.98. The van der Waals surface area contributed by atoms with Crippen molar-refractivity contribution in [1.82, 2.24) is 0 Å². The predicted molar refractivity (Wildman–Crippen MR) is 60.8 cm³/mol. The van der Waals surface area contributed by atoms with E-state index in [2.05, 4.69) is 22.5 Å². The Bertz CT molecular complexity index is 387. The second kappa shape index (κ2) is 9.06. The van der Waals surface area contributed by atoms with Gasteiger partial charge in [-0.15, -0.1) is 4.33 Å². The van der Waals surface area contributed by atoms with Crippen molar-refractivity contribution in [3.05, 3.63) is 0 Å². The van der Waals surface area contributed by atoms with Gasteiger partial charge in [-0.3, -0.25) is 8.74 Å². The summed E-state index contributed by atoms with van der Waals surface area (Å²) in [6.07, 6.45) is -4.56. The first-order valence-corrected chi connectivity index (χ1v) is 7.03. The molecule has 0 saturated heterocycles. The van der Waals surface area contributed by atoms with Crippen LogP contribution < -0.4 is 0 Å². The summed E-state index contributed by atoms with van der Waals surface area (Å²) in [5.41, 5.74) is -1.37. The molecule has 0 aliphatic heterocycles. The van der Waals surface area contributed by atoms with Crippen LogP contribution in [0.15, 0.2) is 0 Å². The lowest BCUT2D eigenvalue weighted by atomic mass is 9.95. The molecule has 0 fully saturated rings. The highest BCUT2D eigenvalue weighted by molar-refractivity contribution is 7.89. The van der Waals surface area contributed by atoms with E-state index in [1.165, 1.54) is 6.92 Å². The van der Waals surface area contributed by atoms with Gasteiger partial charge in [-0.25, -0.2) is 9.44 Å². The summed E-state index contributed by atoms with van der Waals surface area (Å²) in [6.45, 7) is -2.01. The van der Waals surface area contributed by atoms with E-state index in [0.29, 0.717) is 0 Å². The number of hydrogen-bond acceptors (Lipinski definition) is 9. The third kappa shape index (κ3) is 13.2. The standard InChI is InChI=1S/C7H13F3O9S2/c1-6(3-16-20-19-18-11,4-17-21(12,13)14)2-15-5-7(8,9)10/h11H,2-5H2,1H3,(H,12,13,14). The molecular formula is C7H13F3O9S2. The average Bonchev–Trinajstić information content (AvgIpc) is 2.30. The molecule has 0 aromatic heterocycles. The molecule has 0 spiro atoms. The van der Waals surface area contributed by atoms with Crippen molar-refractivity contribution in [2.24, 2.45) is 5.41 Å². The third-order valence-corrected chi connectivity index (χ3v) is 2.53. The molecule has 0 aliphatic rings. The highest BCUT2D eigenvalue weighted by Crippen LogP contribution is 2.24. The first-order valence-electron chi connectivity index (χ1n) is 5.00. The Balaban J connectivity index is 4.43. The molecule has 1 unspecified atom stereocenters. The minimum Gasteiger partial charge on any atom is -0.371 e. The van der Waals surface area contributed by atoms with Crippen LogP contribution in [0.1, 0.15) is 6.92 Å². The molecule has 0 radical (unpaired) electrons. The predicted octanol–water partition coefficient (Wildman–Crippen LogP) is 1.39. The van der Waals surface area contributed by atoms with Crippen molar-refractivity contribution < 1.29 is 53.9 Å². The van der Waals surface area contributed by atoms with Gasteiger partial charge in [-0.2, -0.15) is 21.6 Å². The van der Waals surface area contributed by atoms with Crippen molar-refractivity contribution in [2.45, 2.75) is 13.1 Å². The first kappa shape index (κ1) is 20.8. The number of rotatable bonds is 11. The van der Waals surface area contributed by atoms with Gasteiger partial charge in [0.15, 0.2) is 12.3 Å². The summed E-state index contributed by atoms with van der Waals surface area (Å²) in [5.74, 6) is 0. The van der Waals surface area contributed by atoms with Crippen LogP contribution in [-0.2, 0) is 32.9 Å². The Morgan fingerprint density at radius 1 is 1.14 bits per heavy atom. The summed E-state index contributed by atoms with van der Waals surface area (Å²) < 4.78 is 82.3. The zero-order chi connectivity index (χ0) is 16.6. The molecular weight excluding hydrogens is 349 g/mol. The maximum absolute atomic E-state index is 12.0. The number of hydrogen-bond donors (Lipinski definition) is 2. The van der Waals surface area contributed by atoms with E-state index in [4.69, 9.17) is 9.81 Å². The van der Waals surface area contributed by atoms with Crippen LogP contribution in [0.4, 0.5) is 13.2 Å². The minimum atomic E-state index is -4.78. The highest BCUT2D eigenvalue weighted by atomic mass is 32.3. The molecule has 0 bridgehead atoms. The van der Waals surface area contributed by atoms with E-state index in [-0.39, 0.29) is 12.3 Å². The molecule has 1 atom stereocenters. The van der Waals surface area contributed by atoms with E-state index in [1.807, 2.05) is 0 Å². The Morgan fingerprint density at radius 3 is 2.24 bits per heavy atom. The van der Waals surface area contributed by atoms with Gasteiger partial charge in [-0.05, 0) is 0 Å². The highest BCUT2D eigenvalue weighted by Gasteiger charge is 2.33. The van der Waals surface area contributed by atoms with Crippen LogP contribution in [0.25, 0.3) is 0 Å². The lowest BCUT2D eigenvalue weighted by Gasteiger charge is -2.27. The molecule has 2 N–H and O–H groups in total. The van der Waals surface area contributed by atoms with Gasteiger partial charge in [0.1, 0.15) is 6.61 Å². The maximum Gasteiger partial charge on any atom is 0.411 e. The van der Waals surface area contributed by atoms with Crippen LogP contribution in [0, 0.1) is 5.41 Å². The van der Waals surface area contributed by atoms with Crippen molar-refractivity contribution in [3.8, 4) is 0 Å². The van der Waals surface area contributed by atoms with Crippen LogP contribution in [0.5, 0.6) is 0 Å². The number of alkyl halides is 3. The molecule has 14 heteroatoms. The van der Waals surface area contributed by atoms with Crippen LogP contribution in [0.3, 0.4) is 0 Å². The van der Waals surface area contributed by atoms with Gasteiger partial charge in [0.2, 0.25) is 0 Å². The summed E-state index contributed by atoms with van der Waals surface area (Å²) in [6, 6.07) is 0. The van der Waals surface area contributed by atoms with Crippen LogP contribution in [-0.4, -0.2) is 50.8 Å². The van der Waals surface area contributed by atoms with Crippen LogP contribution >= 0.6 is 12.3 Å². The molecule has 0 heterocycles. The second-order valence-corrected chi connectivity index (χ2v) is 5.68. The van der Waals surface area contributed by atoms with Crippen LogP contribution in [0.2, 0.25) is 0 Å². The normalized spacial score (nSPS) is 15.9. The third-order valence-electron chi connectivity index (χ3n) is 1.79. The maximum atomic E-state index is 12.0. The Labute approximate surface area is 122 Å². The van der Waals surface area contributed by atoms with E-state index in [1.54, 1.807) is 0 Å². The van der Waals surface area contributed by atoms with Gasteiger partial charge >= 0.3 is 16.6 Å². The smallest absolute Gasteiger partial charge is 0.371 e. The number of halogens is 3. The van der Waals surface area contributed by atoms with Crippen molar-refractivity contribution in [2.75, 3.05) is 26.4 Å². The largest absolute Gasteiger partial charge is 0.411 e. The topological polar surface area (TPSA) is 121 Å². The number of ether oxygens (including phenoxy) is 1. The fourth-order valence-corrected chi connectivity index (χ4v) is 1.78. The monoisotopic (exact) mass is 362 g/mol. The van der Waals surface area contributed by atoms with Crippen molar-refractivity contribution in [3.63, 3.8) is 0 Å².